The number of aromatic nitrogens is 2. The number of carbonyl (C=O) groups excluding carboxylic acids is 1. The number of rotatable bonds is 3. The first-order valence-electron chi connectivity index (χ1n) is 8.16. The Bertz CT molecular complexity index is 948. The second-order valence-electron chi connectivity index (χ2n) is 6.09. The van der Waals surface area contributed by atoms with E-state index in [4.69, 9.17) is 9.47 Å². The largest absolute Gasteiger partial charge is 0.493 e. The van der Waals surface area contributed by atoms with Crippen LogP contribution in [0, 0.1) is 0 Å². The van der Waals surface area contributed by atoms with E-state index in [2.05, 4.69) is 9.97 Å². The lowest BCUT2D eigenvalue weighted by atomic mass is 9.98. The van der Waals surface area contributed by atoms with E-state index in [-0.39, 0.29) is 5.91 Å². The molecule has 1 aromatic heterocycles. The van der Waals surface area contributed by atoms with Crippen molar-refractivity contribution in [2.45, 2.75) is 13.0 Å². The van der Waals surface area contributed by atoms with Gasteiger partial charge in [-0.05, 0) is 47.9 Å². The lowest BCUT2D eigenvalue weighted by Crippen LogP contribution is -2.36. The molecule has 3 aromatic rings. The Balaban J connectivity index is 1.61. The average Bonchev–Trinajstić information content (AvgIpc) is 3.13. The summed E-state index contributed by atoms with van der Waals surface area (Å²) >= 11 is 0. The quantitative estimate of drug-likeness (QED) is 0.798. The zero-order valence-corrected chi connectivity index (χ0v) is 14.2. The van der Waals surface area contributed by atoms with Crippen molar-refractivity contribution in [3.8, 4) is 11.5 Å². The highest BCUT2D eigenvalue weighted by Crippen LogP contribution is 2.33. The highest BCUT2D eigenvalue weighted by atomic mass is 16.5. The number of hydrogen-bond acceptors (Lipinski definition) is 4. The maximum Gasteiger partial charge on any atom is 0.254 e. The molecular formula is C19H19N3O3. The Labute approximate surface area is 145 Å². The number of amides is 1. The normalized spacial score (nSPS) is 13.6. The first-order valence-corrected chi connectivity index (χ1v) is 8.16. The molecule has 2 heterocycles. The molecule has 0 saturated carbocycles. The van der Waals surface area contributed by atoms with Crippen LogP contribution in [0.4, 0.5) is 0 Å². The molecule has 0 aliphatic carbocycles. The fraction of sp³-hybridized carbons (Fsp3) is 0.263. The van der Waals surface area contributed by atoms with Gasteiger partial charge in [-0.2, -0.15) is 0 Å². The van der Waals surface area contributed by atoms with Gasteiger partial charge in [-0.15, -0.1) is 0 Å². The predicted octanol–water partition coefficient (Wildman–Crippen LogP) is 2.78. The van der Waals surface area contributed by atoms with Crippen molar-refractivity contribution in [3.63, 3.8) is 0 Å². The Morgan fingerprint density at radius 1 is 1.12 bits per heavy atom. The van der Waals surface area contributed by atoms with E-state index in [1.54, 1.807) is 20.5 Å². The molecule has 0 unspecified atom stereocenters. The fourth-order valence-corrected chi connectivity index (χ4v) is 3.31. The first kappa shape index (κ1) is 15.5. The molecule has 2 aromatic carbocycles. The summed E-state index contributed by atoms with van der Waals surface area (Å²) in [4.78, 5) is 22.0. The lowest BCUT2D eigenvalue weighted by molar-refractivity contribution is 0.0734. The number of methoxy groups -OCH3 is 2. The van der Waals surface area contributed by atoms with E-state index >= 15 is 0 Å². The van der Waals surface area contributed by atoms with Crippen LogP contribution in [0.3, 0.4) is 0 Å². The van der Waals surface area contributed by atoms with Crippen LogP contribution in [0.2, 0.25) is 0 Å². The van der Waals surface area contributed by atoms with Crippen LogP contribution in [0.1, 0.15) is 21.5 Å². The molecule has 0 radical (unpaired) electrons. The number of fused-ring (bicyclic) bond motifs is 2. The summed E-state index contributed by atoms with van der Waals surface area (Å²) in [6.45, 7) is 1.25. The van der Waals surface area contributed by atoms with Crippen LogP contribution < -0.4 is 9.47 Å². The molecule has 0 atom stereocenters. The summed E-state index contributed by atoms with van der Waals surface area (Å²) in [6.07, 6.45) is 2.43. The fourth-order valence-electron chi connectivity index (χ4n) is 3.31. The summed E-state index contributed by atoms with van der Waals surface area (Å²) in [5.74, 6) is 1.44. The van der Waals surface area contributed by atoms with Gasteiger partial charge in [0.2, 0.25) is 0 Å². The molecular weight excluding hydrogens is 318 g/mol. The van der Waals surface area contributed by atoms with Crippen LogP contribution in [-0.4, -0.2) is 41.5 Å². The van der Waals surface area contributed by atoms with Crippen LogP contribution in [0.25, 0.3) is 11.0 Å². The van der Waals surface area contributed by atoms with E-state index in [1.807, 2.05) is 35.2 Å². The molecule has 0 bridgehead atoms. The summed E-state index contributed by atoms with van der Waals surface area (Å²) in [5, 5.41) is 0. The minimum Gasteiger partial charge on any atom is -0.493 e. The molecule has 0 spiro atoms. The topological polar surface area (TPSA) is 67.5 Å². The molecule has 0 fully saturated rings. The molecule has 128 valence electrons. The minimum atomic E-state index is 0.0249. The smallest absolute Gasteiger partial charge is 0.254 e. The zero-order valence-electron chi connectivity index (χ0n) is 14.2. The maximum atomic E-state index is 12.9. The van der Waals surface area contributed by atoms with Crippen LogP contribution in [0.15, 0.2) is 36.7 Å². The average molecular weight is 337 g/mol. The van der Waals surface area contributed by atoms with Crippen molar-refractivity contribution in [2.24, 2.45) is 0 Å². The molecule has 25 heavy (non-hydrogen) atoms. The Hall–Kier alpha value is -3.02. The van der Waals surface area contributed by atoms with Crippen molar-refractivity contribution < 1.29 is 14.3 Å². The maximum absolute atomic E-state index is 12.9. The van der Waals surface area contributed by atoms with Gasteiger partial charge in [0.15, 0.2) is 11.5 Å². The Morgan fingerprint density at radius 2 is 1.88 bits per heavy atom. The SMILES string of the molecule is COc1cc2c(cc1OC)CN(C(=O)c1ccc3nc[nH]c3c1)CC2. The Morgan fingerprint density at radius 3 is 2.64 bits per heavy atom. The van der Waals surface area contributed by atoms with Gasteiger partial charge in [0.25, 0.3) is 5.91 Å². The van der Waals surface area contributed by atoms with Crippen LogP contribution in [-0.2, 0) is 13.0 Å². The highest BCUT2D eigenvalue weighted by molar-refractivity contribution is 5.97. The van der Waals surface area contributed by atoms with Crippen molar-refractivity contribution in [1.29, 1.82) is 0 Å². The van der Waals surface area contributed by atoms with E-state index < -0.39 is 0 Å². The van der Waals surface area contributed by atoms with Gasteiger partial charge in [0.05, 0.1) is 31.6 Å². The molecule has 6 nitrogen and oxygen atoms in total. The summed E-state index contributed by atoms with van der Waals surface area (Å²) in [7, 11) is 3.25. The molecule has 1 N–H and O–H groups in total. The number of ether oxygens (including phenoxy) is 2. The lowest BCUT2D eigenvalue weighted by Gasteiger charge is -2.29. The van der Waals surface area contributed by atoms with Crippen LogP contribution in [0.5, 0.6) is 11.5 Å². The van der Waals surface area contributed by atoms with Crippen LogP contribution >= 0.6 is 0 Å². The van der Waals surface area contributed by atoms with Gasteiger partial charge in [0.1, 0.15) is 0 Å². The van der Waals surface area contributed by atoms with Crippen molar-refractivity contribution in [3.05, 3.63) is 53.3 Å². The van der Waals surface area contributed by atoms with E-state index in [9.17, 15) is 4.79 Å². The number of benzene rings is 2. The molecule has 1 aliphatic rings. The zero-order chi connectivity index (χ0) is 17.4. The third-order valence-electron chi connectivity index (χ3n) is 4.67. The summed E-state index contributed by atoms with van der Waals surface area (Å²) in [5.41, 5.74) is 4.69. The van der Waals surface area contributed by atoms with Crippen molar-refractivity contribution in [1.82, 2.24) is 14.9 Å². The third kappa shape index (κ3) is 2.69. The molecule has 1 amide bonds. The van der Waals surface area contributed by atoms with E-state index in [0.717, 1.165) is 28.8 Å². The second-order valence-corrected chi connectivity index (χ2v) is 6.09. The second kappa shape index (κ2) is 6.12. The molecule has 4 rings (SSSR count). The number of aromatic amines is 1. The number of hydrogen-bond donors (Lipinski definition) is 1. The number of nitrogens with one attached hydrogen (secondary N) is 1. The van der Waals surface area contributed by atoms with E-state index in [0.29, 0.717) is 24.4 Å². The summed E-state index contributed by atoms with van der Waals surface area (Å²) < 4.78 is 10.7. The predicted molar refractivity (Wildman–Crippen MR) is 94.1 cm³/mol. The monoisotopic (exact) mass is 337 g/mol. The van der Waals surface area contributed by atoms with Crippen molar-refractivity contribution in [2.75, 3.05) is 20.8 Å². The summed E-state index contributed by atoms with van der Waals surface area (Å²) in [6, 6.07) is 9.52. The van der Waals surface area contributed by atoms with Gasteiger partial charge in [-0.25, -0.2) is 4.98 Å². The minimum absolute atomic E-state index is 0.0249. The number of imidazole rings is 1. The van der Waals surface area contributed by atoms with Crippen molar-refractivity contribution >= 4 is 16.9 Å². The van der Waals surface area contributed by atoms with E-state index in [1.165, 1.54) is 5.56 Å². The molecule has 0 saturated heterocycles. The third-order valence-corrected chi connectivity index (χ3v) is 4.67. The van der Waals surface area contributed by atoms with Gasteiger partial charge in [-0.1, -0.05) is 0 Å². The number of nitrogens with zero attached hydrogens (tertiary/aromatic N) is 2. The van der Waals surface area contributed by atoms with Gasteiger partial charge in [-0.3, -0.25) is 4.79 Å². The highest BCUT2D eigenvalue weighted by Gasteiger charge is 2.24. The van der Waals surface area contributed by atoms with Gasteiger partial charge < -0.3 is 19.4 Å². The molecule has 1 aliphatic heterocycles. The number of carbonyl (C=O) groups is 1. The van der Waals surface area contributed by atoms with Gasteiger partial charge in [0, 0.05) is 18.7 Å². The first-order chi connectivity index (χ1) is 12.2. The number of H-pyrrole nitrogens is 1. The van der Waals surface area contributed by atoms with Gasteiger partial charge >= 0.3 is 0 Å². The Kier molecular flexibility index (Phi) is 3.80. The standard InChI is InChI=1S/C19H19N3O3/c1-24-17-8-12-5-6-22(10-14(12)9-18(17)25-2)19(23)13-3-4-15-16(7-13)21-11-20-15/h3-4,7-9,11H,5-6,10H2,1-2H3,(H,20,21). The molecule has 6 heteroatoms.